The quantitative estimate of drug-likeness (QED) is 0.931. The molecule has 0 unspecified atom stereocenters. The van der Waals surface area contributed by atoms with E-state index in [4.69, 9.17) is 0 Å². The summed E-state index contributed by atoms with van der Waals surface area (Å²) in [5, 5.41) is 11.3. The number of urea groups is 1. The number of amides is 2. The molecular formula is C19H25N5O. The summed E-state index contributed by atoms with van der Waals surface area (Å²) in [5.41, 5.74) is 2.95. The van der Waals surface area contributed by atoms with Crippen LogP contribution in [0.25, 0.3) is 0 Å². The molecule has 1 aliphatic carbocycles. The second-order valence-electron chi connectivity index (χ2n) is 7.22. The highest BCUT2D eigenvalue weighted by Crippen LogP contribution is 2.31. The first-order valence-corrected chi connectivity index (χ1v) is 9.17. The van der Waals surface area contributed by atoms with E-state index < -0.39 is 0 Å². The minimum absolute atomic E-state index is 0.0287. The van der Waals surface area contributed by atoms with Crippen LogP contribution in [-0.2, 0) is 19.9 Å². The number of hydrogen-bond acceptors (Lipinski definition) is 3. The van der Waals surface area contributed by atoms with Gasteiger partial charge >= 0.3 is 6.03 Å². The van der Waals surface area contributed by atoms with E-state index in [1.54, 1.807) is 6.33 Å². The first-order valence-electron chi connectivity index (χ1n) is 9.17. The van der Waals surface area contributed by atoms with E-state index in [9.17, 15) is 4.79 Å². The number of nitrogens with one attached hydrogen (secondary N) is 1. The number of likely N-dealkylation sites (tertiary alicyclic amines) is 1. The molecule has 1 aromatic heterocycles. The number of carbonyl (C=O) groups excluding carboxylic acids is 1. The third-order valence-corrected chi connectivity index (χ3v) is 5.52. The number of benzene rings is 1. The summed E-state index contributed by atoms with van der Waals surface area (Å²) in [6.07, 6.45) is 6.97. The molecule has 2 aromatic rings. The van der Waals surface area contributed by atoms with Crippen molar-refractivity contribution in [3.8, 4) is 0 Å². The van der Waals surface area contributed by atoms with E-state index in [0.29, 0.717) is 5.92 Å². The first-order chi connectivity index (χ1) is 12.2. The van der Waals surface area contributed by atoms with E-state index in [1.165, 1.54) is 11.1 Å². The van der Waals surface area contributed by atoms with E-state index in [1.807, 2.05) is 16.5 Å². The predicted molar refractivity (Wildman–Crippen MR) is 95.0 cm³/mol. The Labute approximate surface area is 148 Å². The van der Waals surface area contributed by atoms with E-state index in [-0.39, 0.29) is 12.1 Å². The molecule has 2 heterocycles. The Bertz CT molecular complexity index is 731. The Kier molecular flexibility index (Phi) is 4.42. The van der Waals surface area contributed by atoms with Gasteiger partial charge in [-0.25, -0.2) is 4.79 Å². The second kappa shape index (κ2) is 6.86. The lowest BCUT2D eigenvalue weighted by atomic mass is 10.0. The molecule has 0 spiro atoms. The molecule has 1 aromatic carbocycles. The van der Waals surface area contributed by atoms with E-state index in [2.05, 4.69) is 39.8 Å². The zero-order valence-electron chi connectivity index (χ0n) is 14.7. The number of aryl methyl sites for hydroxylation is 1. The number of hydrogen-bond donors (Lipinski definition) is 1. The van der Waals surface area contributed by atoms with Crippen molar-refractivity contribution < 1.29 is 4.79 Å². The Morgan fingerprint density at radius 3 is 2.72 bits per heavy atom. The maximum absolute atomic E-state index is 12.6. The lowest BCUT2D eigenvalue weighted by Gasteiger charge is -2.24. The van der Waals surface area contributed by atoms with Crippen LogP contribution in [0.15, 0.2) is 30.6 Å². The number of nitrogens with zero attached hydrogens (tertiary/aromatic N) is 4. The van der Waals surface area contributed by atoms with Crippen molar-refractivity contribution in [2.75, 3.05) is 13.1 Å². The van der Waals surface area contributed by atoms with Gasteiger partial charge in [0.05, 0.1) is 6.04 Å². The third kappa shape index (κ3) is 3.25. The van der Waals surface area contributed by atoms with Crippen molar-refractivity contribution in [2.24, 2.45) is 13.0 Å². The van der Waals surface area contributed by atoms with Crippen LogP contribution in [0.2, 0.25) is 0 Å². The van der Waals surface area contributed by atoms with Gasteiger partial charge in [0, 0.05) is 20.1 Å². The number of fused-ring (bicyclic) bond motifs is 1. The Hall–Kier alpha value is -2.37. The summed E-state index contributed by atoms with van der Waals surface area (Å²) in [6.45, 7) is 1.53. The van der Waals surface area contributed by atoms with Crippen LogP contribution in [0.3, 0.4) is 0 Å². The largest absolute Gasteiger partial charge is 0.338 e. The highest BCUT2D eigenvalue weighted by molar-refractivity contribution is 5.74. The van der Waals surface area contributed by atoms with Gasteiger partial charge in [0.25, 0.3) is 0 Å². The first kappa shape index (κ1) is 16.1. The number of carbonyl (C=O) groups is 1. The summed E-state index contributed by atoms with van der Waals surface area (Å²) >= 11 is 0. The van der Waals surface area contributed by atoms with Crippen molar-refractivity contribution in [2.45, 2.75) is 38.1 Å². The highest BCUT2D eigenvalue weighted by atomic mass is 16.2. The van der Waals surface area contributed by atoms with Gasteiger partial charge in [-0.05, 0) is 49.1 Å². The smallest absolute Gasteiger partial charge is 0.318 e. The Morgan fingerprint density at radius 2 is 2.04 bits per heavy atom. The molecule has 1 aliphatic heterocycles. The zero-order valence-corrected chi connectivity index (χ0v) is 14.7. The molecule has 0 bridgehead atoms. The molecule has 1 fully saturated rings. The average Bonchev–Trinajstić information content (AvgIpc) is 3.32. The molecule has 6 nitrogen and oxygen atoms in total. The summed E-state index contributed by atoms with van der Waals surface area (Å²) in [4.78, 5) is 14.5. The van der Waals surface area contributed by atoms with Crippen LogP contribution >= 0.6 is 0 Å². The second-order valence-corrected chi connectivity index (χ2v) is 7.22. The molecule has 2 aliphatic rings. The van der Waals surface area contributed by atoms with Crippen molar-refractivity contribution in [1.29, 1.82) is 0 Å². The fraction of sp³-hybridized carbons (Fsp3) is 0.526. The monoisotopic (exact) mass is 339 g/mol. The molecule has 6 heteroatoms. The van der Waals surface area contributed by atoms with Crippen LogP contribution in [0, 0.1) is 5.92 Å². The molecule has 1 N–H and O–H groups in total. The van der Waals surface area contributed by atoms with Gasteiger partial charge in [0.2, 0.25) is 0 Å². The topological polar surface area (TPSA) is 63.1 Å². The van der Waals surface area contributed by atoms with Gasteiger partial charge in [-0.1, -0.05) is 24.3 Å². The van der Waals surface area contributed by atoms with Crippen LogP contribution < -0.4 is 5.32 Å². The van der Waals surface area contributed by atoms with Gasteiger partial charge in [-0.15, -0.1) is 10.2 Å². The standard InChI is InChI=1S/C19H25N5O/c1-23-13-21-22-18(23)17-7-4-10-24(17)19(25)20-9-8-14-11-15-5-2-3-6-16(15)12-14/h2-3,5-6,13-14,17H,4,7-12H2,1H3,(H,20,25)/t17-/m0/s1. The van der Waals surface area contributed by atoms with Gasteiger partial charge in [0.15, 0.2) is 5.82 Å². The average molecular weight is 339 g/mol. The fourth-order valence-corrected chi connectivity index (χ4v) is 4.21. The molecule has 0 radical (unpaired) electrons. The van der Waals surface area contributed by atoms with Gasteiger partial charge in [0.1, 0.15) is 6.33 Å². The molecule has 0 saturated carbocycles. The van der Waals surface area contributed by atoms with E-state index in [0.717, 1.165) is 51.0 Å². The van der Waals surface area contributed by atoms with E-state index >= 15 is 0 Å². The van der Waals surface area contributed by atoms with Crippen LogP contribution in [0.5, 0.6) is 0 Å². The van der Waals surface area contributed by atoms with Crippen molar-refractivity contribution in [3.63, 3.8) is 0 Å². The molecule has 4 rings (SSSR count). The summed E-state index contributed by atoms with van der Waals surface area (Å²) in [5.74, 6) is 1.52. The molecule has 1 saturated heterocycles. The number of aromatic nitrogens is 3. The Morgan fingerprint density at radius 1 is 1.28 bits per heavy atom. The lowest BCUT2D eigenvalue weighted by Crippen LogP contribution is -2.40. The summed E-state index contributed by atoms with van der Waals surface area (Å²) < 4.78 is 1.91. The van der Waals surface area contributed by atoms with Crippen molar-refractivity contribution >= 4 is 6.03 Å². The SMILES string of the molecule is Cn1cnnc1[C@@H]1CCCN1C(=O)NCCC1Cc2ccccc2C1. The van der Waals surface area contributed by atoms with Crippen LogP contribution in [-0.4, -0.2) is 38.8 Å². The summed E-state index contributed by atoms with van der Waals surface area (Å²) in [6, 6.07) is 8.75. The summed E-state index contributed by atoms with van der Waals surface area (Å²) in [7, 11) is 1.93. The maximum Gasteiger partial charge on any atom is 0.318 e. The number of rotatable bonds is 4. The van der Waals surface area contributed by atoms with Gasteiger partial charge in [-0.3, -0.25) is 0 Å². The highest BCUT2D eigenvalue weighted by Gasteiger charge is 2.32. The minimum atomic E-state index is 0.0287. The lowest BCUT2D eigenvalue weighted by molar-refractivity contribution is 0.189. The Balaban J connectivity index is 1.29. The van der Waals surface area contributed by atoms with Crippen molar-refractivity contribution in [1.82, 2.24) is 25.0 Å². The molecule has 1 atom stereocenters. The predicted octanol–water partition coefficient (Wildman–Crippen LogP) is 2.47. The van der Waals surface area contributed by atoms with Gasteiger partial charge < -0.3 is 14.8 Å². The normalized spacial score (nSPS) is 20.0. The molecule has 2 amide bonds. The minimum Gasteiger partial charge on any atom is -0.338 e. The van der Waals surface area contributed by atoms with Crippen molar-refractivity contribution in [3.05, 3.63) is 47.5 Å². The molecular weight excluding hydrogens is 314 g/mol. The maximum atomic E-state index is 12.6. The zero-order chi connectivity index (χ0) is 17.2. The fourth-order valence-electron chi connectivity index (χ4n) is 4.21. The van der Waals surface area contributed by atoms with Crippen LogP contribution in [0.1, 0.15) is 42.3 Å². The molecule has 132 valence electrons. The van der Waals surface area contributed by atoms with Gasteiger partial charge in [-0.2, -0.15) is 0 Å². The third-order valence-electron chi connectivity index (χ3n) is 5.52. The molecule has 25 heavy (non-hydrogen) atoms. The van der Waals surface area contributed by atoms with Crippen LogP contribution in [0.4, 0.5) is 4.79 Å².